The van der Waals surface area contributed by atoms with Crippen molar-refractivity contribution < 1.29 is 9.47 Å². The standard InChI is InChI=1S/C55H38BN3O2/c1-53(2,3)33-19-22-40-35(25-33)36-26-34(54(4,5)6)20-23-41(36)59(40)42-21-18-30-17-16-29-10-7-11-37-45(29)46(30)47(42)55(37)38-12-8-14-43-48(38)56-49-39(55)13-9-15-44(49)61-52-32(28-58)24-31(27-57)51(60-43)50(52)56/h7-26H,1-6H3. The molecule has 61 heavy (non-hydrogen) atoms. The van der Waals surface area contributed by atoms with Crippen LogP contribution in [-0.2, 0) is 16.2 Å². The highest BCUT2D eigenvalue weighted by Gasteiger charge is 2.58. The minimum absolute atomic E-state index is 0.0271. The average Bonchev–Trinajstić information content (AvgIpc) is 3.75. The summed E-state index contributed by atoms with van der Waals surface area (Å²) >= 11 is 0. The monoisotopic (exact) mass is 783 g/mol. The fourth-order valence-electron chi connectivity index (χ4n) is 11.6. The molecule has 6 heteroatoms. The SMILES string of the molecule is CC(C)(C)c1ccc2c(c1)c1cc(C(C)(C)C)ccc1n2-c1ccc2ccc3cccc4c3c2c1C41c2cccc3c2B2c4c(cccc41)Oc1c(C#N)cc(C#N)c(c12)O3. The number of benzene rings is 8. The molecule has 0 fully saturated rings. The molecule has 5 nitrogen and oxygen atoms in total. The van der Waals surface area contributed by atoms with Gasteiger partial charge in [0.25, 0.3) is 6.71 Å². The van der Waals surface area contributed by atoms with Crippen molar-refractivity contribution in [2.75, 3.05) is 0 Å². The normalized spacial score (nSPS) is 14.7. The van der Waals surface area contributed by atoms with Crippen molar-refractivity contribution in [2.45, 2.75) is 57.8 Å². The highest BCUT2D eigenvalue weighted by molar-refractivity contribution is 6.99. The first-order valence-corrected chi connectivity index (χ1v) is 21.2. The molecule has 0 amide bonds. The first-order chi connectivity index (χ1) is 29.4. The van der Waals surface area contributed by atoms with Gasteiger partial charge in [-0.3, -0.25) is 0 Å². The van der Waals surface area contributed by atoms with E-state index in [2.05, 4.69) is 161 Å². The Morgan fingerprint density at radius 3 is 1.59 bits per heavy atom. The van der Waals surface area contributed by atoms with Gasteiger partial charge in [-0.25, -0.2) is 0 Å². The van der Waals surface area contributed by atoms with Crippen LogP contribution in [0.3, 0.4) is 0 Å². The van der Waals surface area contributed by atoms with E-state index in [9.17, 15) is 10.5 Å². The zero-order valence-corrected chi connectivity index (χ0v) is 34.8. The van der Waals surface area contributed by atoms with Crippen molar-refractivity contribution in [3.8, 4) is 40.8 Å². The summed E-state index contributed by atoms with van der Waals surface area (Å²) in [6, 6.07) is 49.3. The molecule has 0 saturated carbocycles. The second-order valence-electron chi connectivity index (χ2n) is 19.4. The molecule has 0 bridgehead atoms. The fourth-order valence-corrected chi connectivity index (χ4v) is 11.6. The summed E-state index contributed by atoms with van der Waals surface area (Å²) in [5.74, 6) is 2.39. The molecule has 0 saturated heterocycles. The molecule has 1 aromatic heterocycles. The van der Waals surface area contributed by atoms with Crippen LogP contribution in [0.2, 0.25) is 0 Å². The lowest BCUT2D eigenvalue weighted by molar-refractivity contribution is 0.459. The molecule has 0 N–H and O–H groups in total. The number of hydrogen-bond acceptors (Lipinski definition) is 4. The maximum absolute atomic E-state index is 10.4. The van der Waals surface area contributed by atoms with Crippen molar-refractivity contribution in [3.63, 3.8) is 0 Å². The summed E-state index contributed by atoms with van der Waals surface area (Å²) in [5, 5.41) is 28.2. The minimum Gasteiger partial charge on any atom is -0.457 e. The number of nitrogens with zero attached hydrogens (tertiary/aromatic N) is 3. The predicted octanol–water partition coefficient (Wildman–Crippen LogP) is 11.2. The molecule has 8 aromatic carbocycles. The smallest absolute Gasteiger partial charge is 0.261 e. The lowest BCUT2D eigenvalue weighted by Crippen LogP contribution is -2.65. The van der Waals surface area contributed by atoms with Gasteiger partial charge < -0.3 is 14.0 Å². The molecule has 13 rings (SSSR count). The lowest BCUT2D eigenvalue weighted by Gasteiger charge is -2.47. The van der Waals surface area contributed by atoms with Gasteiger partial charge in [-0.2, -0.15) is 10.5 Å². The van der Waals surface area contributed by atoms with E-state index in [4.69, 9.17) is 9.47 Å². The van der Waals surface area contributed by atoms with Crippen molar-refractivity contribution in [3.05, 3.63) is 166 Å². The van der Waals surface area contributed by atoms with Gasteiger partial charge in [-0.1, -0.05) is 114 Å². The summed E-state index contributed by atoms with van der Waals surface area (Å²) in [6.45, 7) is 13.4. The Morgan fingerprint density at radius 2 is 1.05 bits per heavy atom. The van der Waals surface area contributed by atoms with Crippen LogP contribution in [-0.4, -0.2) is 11.3 Å². The van der Waals surface area contributed by atoms with E-state index in [1.807, 2.05) is 12.1 Å². The van der Waals surface area contributed by atoms with E-state index in [0.29, 0.717) is 22.6 Å². The maximum Gasteiger partial charge on any atom is 0.261 e. The first kappa shape index (κ1) is 34.6. The van der Waals surface area contributed by atoms with Gasteiger partial charge in [-0.05, 0) is 120 Å². The molecule has 0 unspecified atom stereocenters. The Hall–Kier alpha value is -7.28. The first-order valence-electron chi connectivity index (χ1n) is 21.2. The third-order valence-electron chi connectivity index (χ3n) is 14.3. The molecule has 4 heterocycles. The number of fused-ring (bicyclic) bond motifs is 7. The third kappa shape index (κ3) is 4.06. The predicted molar refractivity (Wildman–Crippen MR) is 246 cm³/mol. The Bertz CT molecular complexity index is 3490. The summed E-state index contributed by atoms with van der Waals surface area (Å²) < 4.78 is 16.3. The highest BCUT2D eigenvalue weighted by atomic mass is 16.5. The molecule has 1 aliphatic carbocycles. The van der Waals surface area contributed by atoms with Crippen LogP contribution in [0.25, 0.3) is 49.0 Å². The van der Waals surface area contributed by atoms with Crippen LogP contribution in [0.5, 0.6) is 23.0 Å². The van der Waals surface area contributed by atoms with Gasteiger partial charge in [-0.15, -0.1) is 0 Å². The van der Waals surface area contributed by atoms with E-state index in [-0.39, 0.29) is 17.5 Å². The number of nitriles is 2. The van der Waals surface area contributed by atoms with Gasteiger partial charge in [0.15, 0.2) is 0 Å². The molecule has 9 aromatic rings. The third-order valence-corrected chi connectivity index (χ3v) is 14.3. The van der Waals surface area contributed by atoms with Crippen LogP contribution >= 0.6 is 0 Å². The molecule has 0 radical (unpaired) electrons. The Balaban J connectivity index is 1.22. The Morgan fingerprint density at radius 1 is 0.541 bits per heavy atom. The molecular formula is C55H38BN3O2. The fraction of sp³-hybridized carbons (Fsp3) is 0.164. The van der Waals surface area contributed by atoms with Crippen molar-refractivity contribution in [2.24, 2.45) is 0 Å². The average molecular weight is 784 g/mol. The topological polar surface area (TPSA) is 71.0 Å². The van der Waals surface area contributed by atoms with Crippen molar-refractivity contribution in [1.82, 2.24) is 4.57 Å². The van der Waals surface area contributed by atoms with Crippen LogP contribution < -0.4 is 25.9 Å². The van der Waals surface area contributed by atoms with Crippen LogP contribution in [0.4, 0.5) is 0 Å². The molecule has 288 valence electrons. The van der Waals surface area contributed by atoms with E-state index in [1.165, 1.54) is 65.6 Å². The van der Waals surface area contributed by atoms with E-state index in [0.717, 1.165) is 44.7 Å². The second-order valence-corrected chi connectivity index (χ2v) is 19.4. The molecule has 1 spiro atoms. The van der Waals surface area contributed by atoms with Crippen LogP contribution in [0.1, 0.15) is 86.1 Å². The van der Waals surface area contributed by atoms with Gasteiger partial charge in [0.05, 0.1) is 33.3 Å². The van der Waals surface area contributed by atoms with Gasteiger partial charge in [0, 0.05) is 21.8 Å². The molecule has 3 aliphatic heterocycles. The summed E-state index contributed by atoms with van der Waals surface area (Å²) in [5.41, 5.74) is 13.5. The zero-order chi connectivity index (χ0) is 41.5. The lowest BCUT2D eigenvalue weighted by atomic mass is 9.29. The minimum atomic E-state index is -0.794. The van der Waals surface area contributed by atoms with E-state index >= 15 is 0 Å². The maximum atomic E-state index is 10.4. The summed E-state index contributed by atoms with van der Waals surface area (Å²) in [7, 11) is 0. The van der Waals surface area contributed by atoms with Gasteiger partial charge >= 0.3 is 0 Å². The van der Waals surface area contributed by atoms with Crippen molar-refractivity contribution in [1.29, 1.82) is 10.5 Å². The number of rotatable bonds is 1. The van der Waals surface area contributed by atoms with E-state index < -0.39 is 5.41 Å². The second kappa shape index (κ2) is 11.1. The zero-order valence-electron chi connectivity index (χ0n) is 34.8. The van der Waals surface area contributed by atoms with E-state index in [1.54, 1.807) is 6.07 Å². The van der Waals surface area contributed by atoms with Crippen LogP contribution in [0, 0.1) is 22.7 Å². The number of ether oxygens (including phenoxy) is 2. The van der Waals surface area contributed by atoms with Gasteiger partial charge in [0.2, 0.25) is 0 Å². The molecule has 4 aliphatic rings. The molecule has 0 atom stereocenters. The quantitative estimate of drug-likeness (QED) is 0.123. The summed E-state index contributed by atoms with van der Waals surface area (Å²) in [4.78, 5) is 0. The highest BCUT2D eigenvalue weighted by Crippen LogP contribution is 2.60. The molecular weight excluding hydrogens is 745 g/mol. The number of hydrogen-bond donors (Lipinski definition) is 0. The van der Waals surface area contributed by atoms with Gasteiger partial charge in [0.1, 0.15) is 35.1 Å². The summed E-state index contributed by atoms with van der Waals surface area (Å²) in [6.07, 6.45) is 0. The van der Waals surface area contributed by atoms with Crippen LogP contribution in [0.15, 0.2) is 121 Å². The Labute approximate surface area is 354 Å². The largest absolute Gasteiger partial charge is 0.457 e. The number of aromatic nitrogens is 1. The van der Waals surface area contributed by atoms with Crippen molar-refractivity contribution >= 4 is 66.5 Å². The Kier molecular flexibility index (Phi) is 6.29.